The topological polar surface area (TPSA) is 44.1 Å². The maximum atomic E-state index is 12.6. The Hall–Kier alpha value is -2.31. The first kappa shape index (κ1) is 14.1. The molecule has 0 unspecified atom stereocenters. The van der Waals surface area contributed by atoms with Gasteiger partial charge in [-0.15, -0.1) is 0 Å². The maximum Gasteiger partial charge on any atom is 0.433 e. The number of rotatable bonds is 3. The Morgan fingerprint density at radius 1 is 1.30 bits per heavy atom. The van der Waals surface area contributed by atoms with Crippen LogP contribution in [0.15, 0.2) is 36.4 Å². The number of carbonyl (C=O) groups is 1. The second-order valence-corrected chi connectivity index (χ2v) is 4.11. The Morgan fingerprint density at radius 3 is 2.50 bits per heavy atom. The highest BCUT2D eigenvalue weighted by atomic mass is 19.4. The second kappa shape index (κ2) is 5.36. The summed E-state index contributed by atoms with van der Waals surface area (Å²) in [6, 6.07) is 9.13. The molecular formula is C13H11F3N2O2. The van der Waals surface area contributed by atoms with Crippen molar-refractivity contribution < 1.29 is 22.7 Å². The van der Waals surface area contributed by atoms with Crippen LogP contribution in [-0.2, 0) is 24.4 Å². The first-order valence-corrected chi connectivity index (χ1v) is 5.72. The quantitative estimate of drug-likeness (QED) is 0.643. The number of hydrogen-bond acceptors (Lipinski definition) is 3. The Bertz CT molecular complexity index is 606. The number of para-hydroxylation sites is 1. The second-order valence-electron chi connectivity index (χ2n) is 4.11. The van der Waals surface area contributed by atoms with Crippen molar-refractivity contribution in [2.75, 3.05) is 0 Å². The minimum Gasteiger partial charge on any atom is -0.426 e. The summed E-state index contributed by atoms with van der Waals surface area (Å²) in [6.07, 6.45) is -4.82. The van der Waals surface area contributed by atoms with Crippen LogP contribution in [0.1, 0.15) is 11.4 Å². The van der Waals surface area contributed by atoms with Gasteiger partial charge in [0.05, 0.1) is 12.1 Å². The minimum absolute atomic E-state index is 0.0146. The van der Waals surface area contributed by atoms with Crippen LogP contribution in [0.2, 0.25) is 0 Å². The predicted octanol–water partition coefficient (Wildman–Crippen LogP) is 2.59. The largest absolute Gasteiger partial charge is 0.433 e. The van der Waals surface area contributed by atoms with Crippen LogP contribution >= 0.6 is 0 Å². The summed E-state index contributed by atoms with van der Waals surface area (Å²) >= 11 is 0. The lowest BCUT2D eigenvalue weighted by atomic mass is 10.3. The molecular weight excluding hydrogens is 273 g/mol. The molecule has 0 spiro atoms. The molecule has 2 aromatic rings. The first-order chi connectivity index (χ1) is 9.36. The normalized spacial score (nSPS) is 11.4. The van der Waals surface area contributed by atoms with E-state index < -0.39 is 17.8 Å². The van der Waals surface area contributed by atoms with Crippen molar-refractivity contribution in [1.82, 2.24) is 9.78 Å². The number of benzene rings is 1. The molecule has 20 heavy (non-hydrogen) atoms. The summed E-state index contributed by atoms with van der Waals surface area (Å²) in [5.41, 5.74) is -0.888. The number of carbonyl (C=O) groups excluding carboxylic acids is 1. The van der Waals surface area contributed by atoms with E-state index in [1.807, 2.05) is 0 Å². The average molecular weight is 284 g/mol. The molecule has 2 rings (SSSR count). The molecule has 4 nitrogen and oxygen atoms in total. The summed E-state index contributed by atoms with van der Waals surface area (Å²) < 4.78 is 43.4. The molecule has 1 aromatic heterocycles. The van der Waals surface area contributed by atoms with Crippen LogP contribution in [-0.4, -0.2) is 15.7 Å². The van der Waals surface area contributed by atoms with Gasteiger partial charge in [0.2, 0.25) is 0 Å². The maximum absolute atomic E-state index is 12.6. The van der Waals surface area contributed by atoms with E-state index in [4.69, 9.17) is 4.74 Å². The van der Waals surface area contributed by atoms with Gasteiger partial charge in [0, 0.05) is 7.05 Å². The van der Waals surface area contributed by atoms with Crippen molar-refractivity contribution in [2.45, 2.75) is 12.6 Å². The van der Waals surface area contributed by atoms with Gasteiger partial charge in [0.1, 0.15) is 11.4 Å². The summed E-state index contributed by atoms with van der Waals surface area (Å²) in [4.78, 5) is 11.6. The highest BCUT2D eigenvalue weighted by Crippen LogP contribution is 2.29. The van der Waals surface area contributed by atoms with Gasteiger partial charge < -0.3 is 4.74 Å². The van der Waals surface area contributed by atoms with Gasteiger partial charge in [-0.3, -0.25) is 9.48 Å². The zero-order chi connectivity index (χ0) is 14.8. The van der Waals surface area contributed by atoms with Crippen LogP contribution in [0.3, 0.4) is 0 Å². The monoisotopic (exact) mass is 284 g/mol. The summed E-state index contributed by atoms with van der Waals surface area (Å²) in [5.74, 6) is -0.326. The molecule has 1 aromatic carbocycles. The summed E-state index contributed by atoms with van der Waals surface area (Å²) in [5, 5.41) is 3.65. The summed E-state index contributed by atoms with van der Waals surface area (Å²) in [7, 11) is 1.18. The van der Waals surface area contributed by atoms with Crippen molar-refractivity contribution in [2.24, 2.45) is 7.05 Å². The number of halogens is 3. The predicted molar refractivity (Wildman–Crippen MR) is 64.0 cm³/mol. The lowest BCUT2D eigenvalue weighted by molar-refractivity contribution is -0.143. The molecule has 0 saturated carbocycles. The molecule has 0 bridgehead atoms. The molecule has 0 atom stereocenters. The van der Waals surface area contributed by atoms with Crippen LogP contribution < -0.4 is 4.74 Å². The van der Waals surface area contributed by atoms with Crippen LogP contribution in [0.5, 0.6) is 5.75 Å². The van der Waals surface area contributed by atoms with Gasteiger partial charge in [0.25, 0.3) is 0 Å². The average Bonchev–Trinajstić information content (AvgIpc) is 2.71. The zero-order valence-electron chi connectivity index (χ0n) is 10.5. The molecule has 0 aliphatic carbocycles. The van der Waals surface area contributed by atoms with Crippen molar-refractivity contribution in [1.29, 1.82) is 0 Å². The molecule has 0 aliphatic rings. The first-order valence-electron chi connectivity index (χ1n) is 5.72. The molecule has 1 heterocycles. The number of aromatic nitrogens is 2. The zero-order valence-corrected chi connectivity index (χ0v) is 10.5. The van der Waals surface area contributed by atoms with Crippen molar-refractivity contribution in [3.8, 4) is 5.75 Å². The lowest BCUT2D eigenvalue weighted by Gasteiger charge is -2.04. The van der Waals surface area contributed by atoms with Gasteiger partial charge in [0.15, 0.2) is 0 Å². The Morgan fingerprint density at radius 2 is 1.95 bits per heavy atom. The van der Waals surface area contributed by atoms with E-state index in [-0.39, 0.29) is 12.1 Å². The van der Waals surface area contributed by atoms with Gasteiger partial charge in [-0.1, -0.05) is 18.2 Å². The minimum atomic E-state index is -4.50. The lowest BCUT2D eigenvalue weighted by Crippen LogP contribution is -2.12. The third-order valence-electron chi connectivity index (χ3n) is 2.52. The van der Waals surface area contributed by atoms with Gasteiger partial charge in [-0.2, -0.15) is 18.3 Å². The molecule has 0 radical (unpaired) electrons. The fraction of sp³-hybridized carbons (Fsp3) is 0.231. The fourth-order valence-corrected chi connectivity index (χ4v) is 1.68. The van der Waals surface area contributed by atoms with Crippen molar-refractivity contribution in [3.63, 3.8) is 0 Å². The van der Waals surface area contributed by atoms with E-state index in [1.165, 1.54) is 7.05 Å². The smallest absolute Gasteiger partial charge is 0.426 e. The van der Waals surface area contributed by atoms with Gasteiger partial charge >= 0.3 is 12.1 Å². The molecule has 0 N–H and O–H groups in total. The van der Waals surface area contributed by atoms with Gasteiger partial charge in [-0.25, -0.2) is 0 Å². The SMILES string of the molecule is Cn1nc(CC(=O)Oc2ccccc2)cc1C(F)(F)F. The molecule has 0 aliphatic heterocycles. The highest BCUT2D eigenvalue weighted by molar-refractivity contribution is 5.74. The number of aryl methyl sites for hydroxylation is 1. The van der Waals surface area contributed by atoms with E-state index in [0.717, 1.165) is 6.07 Å². The van der Waals surface area contributed by atoms with Crippen molar-refractivity contribution in [3.05, 3.63) is 47.8 Å². The Labute approximate surface area is 112 Å². The van der Waals surface area contributed by atoms with Crippen LogP contribution in [0, 0.1) is 0 Å². The standard InChI is InChI=1S/C13H11F3N2O2/c1-18-11(13(14,15)16)7-9(17-18)8-12(19)20-10-5-3-2-4-6-10/h2-7H,8H2,1H3. The third kappa shape index (κ3) is 3.37. The van der Waals surface area contributed by atoms with E-state index in [9.17, 15) is 18.0 Å². The molecule has 0 saturated heterocycles. The van der Waals surface area contributed by atoms with E-state index >= 15 is 0 Å². The molecule has 0 amide bonds. The Kier molecular flexibility index (Phi) is 3.78. The molecule has 0 fully saturated rings. The fourth-order valence-electron chi connectivity index (χ4n) is 1.68. The van der Waals surface area contributed by atoms with E-state index in [1.54, 1.807) is 30.3 Å². The number of nitrogens with zero attached hydrogens (tertiary/aromatic N) is 2. The van der Waals surface area contributed by atoms with Gasteiger partial charge in [-0.05, 0) is 18.2 Å². The molecule has 7 heteroatoms. The number of ether oxygens (including phenoxy) is 1. The number of alkyl halides is 3. The number of hydrogen-bond donors (Lipinski definition) is 0. The highest BCUT2D eigenvalue weighted by Gasteiger charge is 2.35. The Balaban J connectivity index is 2.05. The van der Waals surface area contributed by atoms with E-state index in [2.05, 4.69) is 5.10 Å². The van der Waals surface area contributed by atoms with E-state index in [0.29, 0.717) is 10.4 Å². The molecule has 106 valence electrons. The van der Waals surface area contributed by atoms with Crippen LogP contribution in [0.25, 0.3) is 0 Å². The summed E-state index contributed by atoms with van der Waals surface area (Å²) in [6.45, 7) is 0. The van der Waals surface area contributed by atoms with Crippen molar-refractivity contribution >= 4 is 5.97 Å². The number of esters is 1. The third-order valence-corrected chi connectivity index (χ3v) is 2.52. The van der Waals surface area contributed by atoms with Crippen LogP contribution in [0.4, 0.5) is 13.2 Å².